The Morgan fingerprint density at radius 1 is 1.40 bits per heavy atom. The van der Waals surface area contributed by atoms with Gasteiger partial charge in [-0.05, 0) is 24.8 Å². The first-order valence-corrected chi connectivity index (χ1v) is 8.34. The molecule has 2 atom stereocenters. The van der Waals surface area contributed by atoms with Gasteiger partial charge in [0.05, 0.1) is 18.6 Å². The molecule has 1 heterocycles. The van der Waals surface area contributed by atoms with E-state index in [-0.39, 0.29) is 24.1 Å². The highest BCUT2D eigenvalue weighted by atomic mass is 16.6. The standard InChI is InChI=1S/C17H21N3O5/c1-11-5-3-4-8-17(11)15(21)19(16(22)18-17)10-12-9-13(20(23)24)6-7-14(12)25-2/h6-7,9,11H,3-5,8,10H2,1-2H3,(H,18,22). The Labute approximate surface area is 145 Å². The van der Waals surface area contributed by atoms with Gasteiger partial charge in [-0.15, -0.1) is 0 Å². The van der Waals surface area contributed by atoms with Crippen molar-refractivity contribution in [3.8, 4) is 5.75 Å². The van der Waals surface area contributed by atoms with Gasteiger partial charge in [0.15, 0.2) is 0 Å². The number of amides is 3. The van der Waals surface area contributed by atoms with Crippen LogP contribution in [0, 0.1) is 16.0 Å². The molecule has 8 heteroatoms. The molecule has 1 N–H and O–H groups in total. The number of nitro benzene ring substituents is 1. The topological polar surface area (TPSA) is 102 Å². The third kappa shape index (κ3) is 2.81. The number of carbonyl (C=O) groups excluding carboxylic acids is 2. The van der Waals surface area contributed by atoms with Gasteiger partial charge in [-0.25, -0.2) is 4.79 Å². The van der Waals surface area contributed by atoms with Gasteiger partial charge in [-0.1, -0.05) is 19.8 Å². The highest BCUT2D eigenvalue weighted by Crippen LogP contribution is 2.39. The smallest absolute Gasteiger partial charge is 0.325 e. The Bertz CT molecular complexity index is 735. The number of nitrogens with zero attached hydrogens (tertiary/aromatic N) is 2. The molecule has 2 unspecified atom stereocenters. The number of nitro groups is 1. The third-order valence-corrected chi connectivity index (χ3v) is 5.30. The fourth-order valence-electron chi connectivity index (χ4n) is 3.81. The number of ether oxygens (including phenoxy) is 1. The number of imide groups is 1. The highest BCUT2D eigenvalue weighted by Gasteiger charge is 2.54. The summed E-state index contributed by atoms with van der Waals surface area (Å²) in [4.78, 5) is 37.1. The van der Waals surface area contributed by atoms with E-state index in [0.29, 0.717) is 17.7 Å². The number of rotatable bonds is 4. The molecule has 3 amide bonds. The van der Waals surface area contributed by atoms with E-state index >= 15 is 0 Å². The second-order valence-corrected chi connectivity index (χ2v) is 6.69. The van der Waals surface area contributed by atoms with Gasteiger partial charge in [0, 0.05) is 17.7 Å². The lowest BCUT2D eigenvalue weighted by Gasteiger charge is -2.36. The number of hydrogen-bond acceptors (Lipinski definition) is 5. The lowest BCUT2D eigenvalue weighted by Crippen LogP contribution is -2.53. The minimum atomic E-state index is -0.844. The summed E-state index contributed by atoms with van der Waals surface area (Å²) in [5, 5.41) is 13.9. The minimum Gasteiger partial charge on any atom is -0.496 e. The average molecular weight is 347 g/mol. The maximum Gasteiger partial charge on any atom is 0.325 e. The second-order valence-electron chi connectivity index (χ2n) is 6.69. The van der Waals surface area contributed by atoms with Crippen molar-refractivity contribution in [2.24, 2.45) is 5.92 Å². The zero-order valence-electron chi connectivity index (χ0n) is 14.3. The van der Waals surface area contributed by atoms with Crippen LogP contribution < -0.4 is 10.1 Å². The van der Waals surface area contributed by atoms with Crippen molar-refractivity contribution in [3.63, 3.8) is 0 Å². The Morgan fingerprint density at radius 2 is 2.16 bits per heavy atom. The molecule has 2 aliphatic rings. The SMILES string of the molecule is COc1ccc([N+](=O)[O-])cc1CN1C(=O)NC2(CCCCC2C)C1=O. The molecule has 134 valence electrons. The van der Waals surface area contributed by atoms with E-state index in [0.717, 1.165) is 24.2 Å². The third-order valence-electron chi connectivity index (χ3n) is 5.30. The van der Waals surface area contributed by atoms with Gasteiger partial charge in [0.2, 0.25) is 0 Å². The monoisotopic (exact) mass is 347 g/mol. The van der Waals surface area contributed by atoms with Gasteiger partial charge in [0.1, 0.15) is 11.3 Å². The van der Waals surface area contributed by atoms with Crippen molar-refractivity contribution in [2.45, 2.75) is 44.7 Å². The largest absolute Gasteiger partial charge is 0.496 e. The molecule has 1 saturated carbocycles. The maximum atomic E-state index is 13.0. The van der Waals surface area contributed by atoms with Gasteiger partial charge >= 0.3 is 6.03 Å². The van der Waals surface area contributed by atoms with Crippen LogP contribution in [0.3, 0.4) is 0 Å². The Balaban J connectivity index is 1.90. The summed E-state index contributed by atoms with van der Waals surface area (Å²) in [5.74, 6) is 0.219. The first-order chi connectivity index (χ1) is 11.9. The summed E-state index contributed by atoms with van der Waals surface area (Å²) in [5.41, 5.74) is -0.521. The lowest BCUT2D eigenvalue weighted by molar-refractivity contribution is -0.384. The Morgan fingerprint density at radius 3 is 2.80 bits per heavy atom. The Kier molecular flexibility index (Phi) is 4.36. The van der Waals surface area contributed by atoms with E-state index in [1.165, 1.54) is 25.3 Å². The molecule has 8 nitrogen and oxygen atoms in total. The summed E-state index contributed by atoms with van der Waals surface area (Å²) >= 11 is 0. The van der Waals surface area contributed by atoms with Gasteiger partial charge < -0.3 is 10.1 Å². The molecule has 1 aliphatic heterocycles. The lowest BCUT2D eigenvalue weighted by atomic mass is 9.73. The van der Waals surface area contributed by atoms with Gasteiger partial charge in [-0.2, -0.15) is 0 Å². The normalized spacial score (nSPS) is 26.0. The van der Waals surface area contributed by atoms with Crippen LogP contribution in [0.5, 0.6) is 5.75 Å². The van der Waals surface area contributed by atoms with Crippen LogP contribution in [0.4, 0.5) is 10.5 Å². The van der Waals surface area contributed by atoms with Gasteiger partial charge in [-0.3, -0.25) is 19.8 Å². The number of hydrogen-bond donors (Lipinski definition) is 1. The summed E-state index contributed by atoms with van der Waals surface area (Å²) in [6, 6.07) is 3.70. The summed E-state index contributed by atoms with van der Waals surface area (Å²) in [6.07, 6.45) is 3.45. The van der Waals surface area contributed by atoms with Crippen molar-refractivity contribution in [1.29, 1.82) is 0 Å². The average Bonchev–Trinajstić information content (AvgIpc) is 2.82. The van der Waals surface area contributed by atoms with Crippen molar-refractivity contribution in [3.05, 3.63) is 33.9 Å². The molecule has 0 aromatic heterocycles. The molecule has 1 spiro atoms. The van der Waals surface area contributed by atoms with E-state index in [2.05, 4.69) is 5.32 Å². The van der Waals surface area contributed by atoms with E-state index in [1.807, 2.05) is 6.92 Å². The zero-order chi connectivity index (χ0) is 18.2. The molecule has 3 rings (SSSR count). The molecule has 0 bridgehead atoms. The van der Waals surface area contributed by atoms with Crippen molar-refractivity contribution >= 4 is 17.6 Å². The molecule has 25 heavy (non-hydrogen) atoms. The first kappa shape index (κ1) is 17.2. The summed E-state index contributed by atoms with van der Waals surface area (Å²) in [6.45, 7) is 1.93. The number of urea groups is 1. The van der Waals surface area contributed by atoms with Crippen LogP contribution in [-0.4, -0.2) is 34.4 Å². The van der Waals surface area contributed by atoms with Crippen molar-refractivity contribution in [2.75, 3.05) is 7.11 Å². The van der Waals surface area contributed by atoms with Gasteiger partial charge in [0.25, 0.3) is 11.6 Å². The minimum absolute atomic E-state index is 0.0516. The van der Waals surface area contributed by atoms with E-state index < -0.39 is 16.5 Å². The molecule has 1 aliphatic carbocycles. The van der Waals surface area contributed by atoms with Crippen molar-refractivity contribution < 1.29 is 19.2 Å². The van der Waals surface area contributed by atoms with Crippen LogP contribution in [0.2, 0.25) is 0 Å². The molecule has 1 aromatic carbocycles. The fraction of sp³-hybridized carbons (Fsp3) is 0.529. The highest BCUT2D eigenvalue weighted by molar-refractivity contribution is 6.07. The molecular weight excluding hydrogens is 326 g/mol. The second kappa shape index (κ2) is 6.34. The molecular formula is C17H21N3O5. The Hall–Kier alpha value is -2.64. The van der Waals surface area contributed by atoms with Crippen molar-refractivity contribution in [1.82, 2.24) is 10.2 Å². The number of methoxy groups -OCH3 is 1. The molecule has 0 radical (unpaired) electrons. The predicted molar refractivity (Wildman–Crippen MR) is 89.1 cm³/mol. The van der Waals surface area contributed by atoms with E-state index in [1.54, 1.807) is 0 Å². The molecule has 1 saturated heterocycles. The number of nitrogens with one attached hydrogen (secondary N) is 1. The maximum absolute atomic E-state index is 13.0. The van der Waals surface area contributed by atoms with Crippen LogP contribution in [0.25, 0.3) is 0 Å². The summed E-state index contributed by atoms with van der Waals surface area (Å²) in [7, 11) is 1.45. The van der Waals surface area contributed by atoms with Crippen LogP contribution in [-0.2, 0) is 11.3 Å². The first-order valence-electron chi connectivity index (χ1n) is 8.34. The molecule has 1 aromatic rings. The number of non-ortho nitro benzene ring substituents is 1. The summed E-state index contributed by atoms with van der Waals surface area (Å²) < 4.78 is 5.23. The van der Waals surface area contributed by atoms with E-state index in [4.69, 9.17) is 4.74 Å². The quantitative estimate of drug-likeness (QED) is 0.512. The number of benzene rings is 1. The predicted octanol–water partition coefficient (Wildman–Crippen LogP) is 2.60. The molecule has 2 fully saturated rings. The zero-order valence-corrected chi connectivity index (χ0v) is 14.3. The van der Waals surface area contributed by atoms with Crippen LogP contribution in [0.15, 0.2) is 18.2 Å². The number of carbonyl (C=O) groups is 2. The van der Waals surface area contributed by atoms with Crippen LogP contribution >= 0.6 is 0 Å². The van der Waals surface area contributed by atoms with Crippen LogP contribution in [0.1, 0.15) is 38.2 Å². The van der Waals surface area contributed by atoms with E-state index in [9.17, 15) is 19.7 Å². The fourth-order valence-corrected chi connectivity index (χ4v) is 3.81.